The van der Waals surface area contributed by atoms with E-state index in [1.165, 1.54) is 24.8 Å². The number of hydrogen-bond donors (Lipinski definition) is 2. The first-order valence-electron chi connectivity index (χ1n) is 10.6. The number of aromatic nitrogens is 1. The predicted molar refractivity (Wildman–Crippen MR) is 113 cm³/mol. The fourth-order valence-corrected chi connectivity index (χ4v) is 4.48. The quantitative estimate of drug-likeness (QED) is 0.682. The number of aliphatic carboxylic acids is 1. The van der Waals surface area contributed by atoms with Gasteiger partial charge < -0.3 is 14.9 Å². The van der Waals surface area contributed by atoms with Gasteiger partial charge in [-0.15, -0.1) is 0 Å². The molecule has 1 aromatic heterocycles. The van der Waals surface area contributed by atoms with Gasteiger partial charge in [-0.05, 0) is 73.6 Å². The van der Waals surface area contributed by atoms with Gasteiger partial charge in [0.2, 0.25) is 0 Å². The Morgan fingerprint density at radius 3 is 2.55 bits per heavy atom. The van der Waals surface area contributed by atoms with E-state index < -0.39 is 5.97 Å². The molecule has 1 aromatic carbocycles. The van der Waals surface area contributed by atoms with Crippen molar-refractivity contribution in [1.82, 2.24) is 4.98 Å². The Morgan fingerprint density at radius 1 is 1.17 bits per heavy atom. The molecule has 1 aliphatic rings. The highest BCUT2D eigenvalue weighted by molar-refractivity contribution is 5.68. The van der Waals surface area contributed by atoms with Gasteiger partial charge in [-0.2, -0.15) is 0 Å². The fourth-order valence-electron chi connectivity index (χ4n) is 4.48. The summed E-state index contributed by atoms with van der Waals surface area (Å²) < 4.78 is 5.52. The zero-order chi connectivity index (χ0) is 21.0. The Bertz CT molecular complexity index is 885. The van der Waals surface area contributed by atoms with Crippen molar-refractivity contribution < 1.29 is 19.7 Å². The molecular weight excluding hydrogens is 366 g/mol. The van der Waals surface area contributed by atoms with Gasteiger partial charge in [-0.1, -0.05) is 26.2 Å². The largest absolute Gasteiger partial charge is 0.506 e. The summed E-state index contributed by atoms with van der Waals surface area (Å²) in [6, 6.07) is 5.62. The smallest absolute Gasteiger partial charge is 0.341 e. The van der Waals surface area contributed by atoms with Gasteiger partial charge in [0.1, 0.15) is 11.5 Å². The Labute approximate surface area is 172 Å². The summed E-state index contributed by atoms with van der Waals surface area (Å²) in [6.07, 6.45) is 7.31. The average molecular weight is 398 g/mol. The third kappa shape index (κ3) is 4.89. The van der Waals surface area contributed by atoms with Crippen LogP contribution < -0.4 is 4.74 Å². The van der Waals surface area contributed by atoms with Crippen LogP contribution in [0.1, 0.15) is 78.6 Å². The summed E-state index contributed by atoms with van der Waals surface area (Å²) in [5.41, 5.74) is 6.22. The Kier molecular flexibility index (Phi) is 6.78. The number of carboxylic acid groups (broad SMARTS) is 1. The van der Waals surface area contributed by atoms with Crippen molar-refractivity contribution >= 4 is 5.97 Å². The maximum Gasteiger partial charge on any atom is 0.341 e. The Morgan fingerprint density at radius 2 is 1.90 bits per heavy atom. The predicted octanol–water partition coefficient (Wildman–Crippen LogP) is 5.07. The summed E-state index contributed by atoms with van der Waals surface area (Å²) in [7, 11) is 0. The van der Waals surface area contributed by atoms with Gasteiger partial charge >= 0.3 is 5.97 Å². The molecule has 1 fully saturated rings. The van der Waals surface area contributed by atoms with Crippen molar-refractivity contribution in [2.75, 3.05) is 6.61 Å². The molecule has 2 aromatic rings. The van der Waals surface area contributed by atoms with Crippen LogP contribution in [0.5, 0.6) is 11.5 Å². The van der Waals surface area contributed by atoms with Crippen LogP contribution in [0, 0.1) is 13.8 Å². The van der Waals surface area contributed by atoms with E-state index in [1.807, 2.05) is 19.1 Å². The van der Waals surface area contributed by atoms with Crippen molar-refractivity contribution in [2.24, 2.45) is 0 Å². The number of rotatable bonds is 7. The number of benzene rings is 1. The minimum Gasteiger partial charge on any atom is -0.506 e. The number of aromatic hydroxyl groups is 1. The van der Waals surface area contributed by atoms with Crippen LogP contribution in [0.3, 0.4) is 0 Å². The second kappa shape index (κ2) is 9.29. The number of pyridine rings is 1. The van der Waals surface area contributed by atoms with Gasteiger partial charge in [0.25, 0.3) is 0 Å². The molecule has 1 aliphatic carbocycles. The van der Waals surface area contributed by atoms with Crippen LogP contribution in [0.25, 0.3) is 0 Å². The lowest BCUT2D eigenvalue weighted by atomic mass is 9.86. The molecule has 0 unspecified atom stereocenters. The van der Waals surface area contributed by atoms with Crippen molar-refractivity contribution in [3.8, 4) is 11.5 Å². The molecule has 0 spiro atoms. The maximum atomic E-state index is 10.9. The highest BCUT2D eigenvalue weighted by Gasteiger charge is 2.21. The normalized spacial score (nSPS) is 14.7. The zero-order valence-corrected chi connectivity index (χ0v) is 17.6. The molecule has 5 heteroatoms. The van der Waals surface area contributed by atoms with Crippen LogP contribution in [0.4, 0.5) is 0 Å². The van der Waals surface area contributed by atoms with Gasteiger partial charge in [-0.3, -0.25) is 4.98 Å². The molecule has 156 valence electrons. The van der Waals surface area contributed by atoms with Gasteiger partial charge in [-0.25, -0.2) is 4.79 Å². The zero-order valence-electron chi connectivity index (χ0n) is 17.6. The molecule has 0 bridgehead atoms. The lowest BCUT2D eigenvalue weighted by Crippen LogP contribution is -2.12. The molecule has 5 nitrogen and oxygen atoms in total. The molecule has 2 N–H and O–H groups in total. The number of hydrogen-bond acceptors (Lipinski definition) is 4. The molecular formula is C24H31NO4. The highest BCUT2D eigenvalue weighted by atomic mass is 16.5. The van der Waals surface area contributed by atoms with E-state index in [2.05, 4.69) is 13.8 Å². The summed E-state index contributed by atoms with van der Waals surface area (Å²) in [5.74, 6) is 0.329. The van der Waals surface area contributed by atoms with E-state index in [0.717, 1.165) is 47.3 Å². The number of nitrogens with zero attached hydrogens (tertiary/aromatic N) is 1. The van der Waals surface area contributed by atoms with E-state index in [4.69, 9.17) is 14.8 Å². The molecule has 1 heterocycles. The van der Waals surface area contributed by atoms with Crippen molar-refractivity contribution in [3.05, 3.63) is 51.8 Å². The first kappa shape index (κ1) is 21.2. The first-order chi connectivity index (χ1) is 13.9. The van der Waals surface area contributed by atoms with Gasteiger partial charge in [0, 0.05) is 18.0 Å². The van der Waals surface area contributed by atoms with Crippen molar-refractivity contribution in [3.63, 3.8) is 0 Å². The molecule has 0 atom stereocenters. The summed E-state index contributed by atoms with van der Waals surface area (Å²) in [6.45, 7) is 5.81. The van der Waals surface area contributed by atoms with E-state index >= 15 is 0 Å². The van der Waals surface area contributed by atoms with Gasteiger partial charge in [0.15, 0.2) is 6.61 Å². The lowest BCUT2D eigenvalue weighted by molar-refractivity contribution is -0.139. The topological polar surface area (TPSA) is 79.7 Å². The lowest BCUT2D eigenvalue weighted by Gasteiger charge is -2.23. The molecule has 0 radical (unpaired) electrons. The summed E-state index contributed by atoms with van der Waals surface area (Å²) in [5, 5.41) is 19.3. The standard InChI is InChI=1S/C24H31NO4/c1-4-19-16(3)20(15(2)12-22(19)29-14-23(27)28)13-18-10-11-21(26)24(25-18)17-8-6-5-7-9-17/h10-12,17,26H,4-9,13-14H2,1-3H3,(H,27,28). The Hall–Kier alpha value is -2.56. The third-order valence-corrected chi connectivity index (χ3v) is 6.04. The van der Waals surface area contributed by atoms with Crippen LogP contribution in [-0.2, 0) is 17.6 Å². The SMILES string of the molecule is CCc1c(OCC(=O)O)cc(C)c(Cc2ccc(O)c(C3CCCCC3)n2)c1C. The molecule has 0 amide bonds. The maximum absolute atomic E-state index is 10.9. The highest BCUT2D eigenvalue weighted by Crippen LogP contribution is 2.36. The van der Waals surface area contributed by atoms with E-state index in [9.17, 15) is 9.90 Å². The van der Waals surface area contributed by atoms with Crippen LogP contribution in [0.2, 0.25) is 0 Å². The number of carboxylic acids is 1. The first-order valence-corrected chi connectivity index (χ1v) is 10.6. The average Bonchev–Trinajstić information content (AvgIpc) is 2.71. The minimum atomic E-state index is -0.977. The van der Waals surface area contributed by atoms with Crippen LogP contribution >= 0.6 is 0 Å². The summed E-state index contributed by atoms with van der Waals surface area (Å²) in [4.78, 5) is 15.7. The molecule has 1 saturated carbocycles. The van der Waals surface area contributed by atoms with Gasteiger partial charge in [0.05, 0.1) is 5.69 Å². The molecule has 29 heavy (non-hydrogen) atoms. The third-order valence-electron chi connectivity index (χ3n) is 6.04. The van der Waals surface area contributed by atoms with Crippen LogP contribution in [0.15, 0.2) is 18.2 Å². The van der Waals surface area contributed by atoms with E-state index in [-0.39, 0.29) is 6.61 Å². The molecule has 3 rings (SSSR count). The van der Waals surface area contributed by atoms with E-state index in [1.54, 1.807) is 6.07 Å². The van der Waals surface area contributed by atoms with Crippen molar-refractivity contribution in [2.45, 2.75) is 71.6 Å². The second-order valence-corrected chi connectivity index (χ2v) is 8.03. The molecule has 0 saturated heterocycles. The summed E-state index contributed by atoms with van der Waals surface area (Å²) >= 11 is 0. The minimum absolute atomic E-state index is 0.306. The second-order valence-electron chi connectivity index (χ2n) is 8.03. The molecule has 0 aliphatic heterocycles. The fraction of sp³-hybridized carbons (Fsp3) is 0.500. The van der Waals surface area contributed by atoms with Crippen molar-refractivity contribution in [1.29, 1.82) is 0 Å². The number of ether oxygens (including phenoxy) is 1. The van der Waals surface area contributed by atoms with E-state index in [0.29, 0.717) is 23.8 Å². The number of aryl methyl sites for hydroxylation is 1. The number of carbonyl (C=O) groups is 1. The Balaban J connectivity index is 1.90. The monoisotopic (exact) mass is 397 g/mol. The van der Waals surface area contributed by atoms with Crippen LogP contribution in [-0.4, -0.2) is 27.8 Å².